The highest BCUT2D eigenvalue weighted by atomic mass is 35.5. The summed E-state index contributed by atoms with van der Waals surface area (Å²) < 4.78 is 0. The summed E-state index contributed by atoms with van der Waals surface area (Å²) in [7, 11) is 0. The first kappa shape index (κ1) is 18.4. The maximum absolute atomic E-state index is 11.9. The molecule has 0 saturated heterocycles. The molecule has 20 heavy (non-hydrogen) atoms. The van der Waals surface area contributed by atoms with E-state index in [2.05, 4.69) is 10.6 Å². The van der Waals surface area contributed by atoms with Crippen molar-refractivity contribution in [3.8, 4) is 0 Å². The van der Waals surface area contributed by atoms with Gasteiger partial charge in [-0.3, -0.25) is 9.59 Å². The Morgan fingerprint density at radius 1 is 1.20 bits per heavy atom. The molecule has 4 N–H and O–H groups in total. The third kappa shape index (κ3) is 5.59. The van der Waals surface area contributed by atoms with E-state index in [1.165, 1.54) is 0 Å². The summed E-state index contributed by atoms with van der Waals surface area (Å²) in [6.45, 7) is 4.12. The first-order chi connectivity index (χ1) is 9.06. The van der Waals surface area contributed by atoms with Crippen LogP contribution < -0.4 is 16.4 Å². The second-order valence-corrected chi connectivity index (χ2v) is 4.40. The van der Waals surface area contributed by atoms with E-state index in [4.69, 9.17) is 5.73 Å². The van der Waals surface area contributed by atoms with Crippen molar-refractivity contribution >= 4 is 24.2 Å². The summed E-state index contributed by atoms with van der Waals surface area (Å²) in [6.07, 6.45) is 0. The number of rotatable bonds is 6. The highest BCUT2D eigenvalue weighted by Gasteiger charge is 2.22. The molecule has 0 heterocycles. The van der Waals surface area contributed by atoms with Crippen LogP contribution in [0.2, 0.25) is 0 Å². The van der Waals surface area contributed by atoms with Crippen LogP contribution in [-0.4, -0.2) is 24.9 Å². The van der Waals surface area contributed by atoms with Crippen molar-refractivity contribution < 1.29 is 9.59 Å². The second kappa shape index (κ2) is 9.34. The summed E-state index contributed by atoms with van der Waals surface area (Å²) >= 11 is 0. The number of amides is 2. The third-order valence-corrected chi connectivity index (χ3v) is 2.93. The van der Waals surface area contributed by atoms with Gasteiger partial charge in [-0.05, 0) is 12.5 Å². The molecule has 0 saturated carbocycles. The van der Waals surface area contributed by atoms with Crippen LogP contribution in [0.25, 0.3) is 0 Å². The highest BCUT2D eigenvalue weighted by molar-refractivity contribution is 5.86. The van der Waals surface area contributed by atoms with Crippen LogP contribution in [0.15, 0.2) is 30.3 Å². The first-order valence-electron chi connectivity index (χ1n) is 6.41. The fourth-order valence-electron chi connectivity index (χ4n) is 1.72. The van der Waals surface area contributed by atoms with E-state index >= 15 is 0 Å². The van der Waals surface area contributed by atoms with Crippen molar-refractivity contribution in [2.45, 2.75) is 19.9 Å². The molecule has 2 atom stereocenters. The zero-order valence-corrected chi connectivity index (χ0v) is 12.6. The lowest BCUT2D eigenvalue weighted by Gasteiger charge is -2.19. The molecule has 5 nitrogen and oxygen atoms in total. The number of nitrogens with one attached hydrogen (secondary N) is 2. The van der Waals surface area contributed by atoms with E-state index in [-0.39, 0.29) is 36.8 Å². The number of nitrogens with two attached hydrogens (primary N) is 1. The lowest BCUT2D eigenvalue weighted by Crippen LogP contribution is -2.41. The maximum Gasteiger partial charge on any atom is 0.239 e. The standard InChI is InChI=1S/C14H21N3O2.ClH/c1-3-16-12(18)9-17-14(19)10(2)13(15)11-7-5-4-6-8-11;/h4-8,10,13H,3,9,15H2,1-2H3,(H,16,18)(H,17,19);1H. The quantitative estimate of drug-likeness (QED) is 0.732. The molecule has 6 heteroatoms. The fourth-order valence-corrected chi connectivity index (χ4v) is 1.72. The Hall–Kier alpha value is -1.59. The van der Waals surface area contributed by atoms with Gasteiger partial charge in [0.25, 0.3) is 0 Å². The first-order valence-corrected chi connectivity index (χ1v) is 6.41. The summed E-state index contributed by atoms with van der Waals surface area (Å²) in [6, 6.07) is 9.06. The Balaban J connectivity index is 0.00000361. The average molecular weight is 300 g/mol. The minimum Gasteiger partial charge on any atom is -0.355 e. The number of hydrogen-bond donors (Lipinski definition) is 3. The van der Waals surface area contributed by atoms with Crippen molar-refractivity contribution in [1.29, 1.82) is 0 Å². The van der Waals surface area contributed by atoms with Gasteiger partial charge in [-0.15, -0.1) is 12.4 Å². The zero-order chi connectivity index (χ0) is 14.3. The highest BCUT2D eigenvalue weighted by Crippen LogP contribution is 2.18. The maximum atomic E-state index is 11.9. The van der Waals surface area contributed by atoms with Gasteiger partial charge in [0, 0.05) is 12.6 Å². The van der Waals surface area contributed by atoms with Gasteiger partial charge in [0.15, 0.2) is 0 Å². The van der Waals surface area contributed by atoms with Gasteiger partial charge in [-0.1, -0.05) is 37.3 Å². The van der Waals surface area contributed by atoms with Crippen LogP contribution in [-0.2, 0) is 9.59 Å². The van der Waals surface area contributed by atoms with Crippen LogP contribution in [0.5, 0.6) is 0 Å². The number of carbonyl (C=O) groups is 2. The van der Waals surface area contributed by atoms with Crippen LogP contribution in [0, 0.1) is 5.92 Å². The summed E-state index contributed by atoms with van der Waals surface area (Å²) in [5, 5.41) is 5.20. The Kier molecular flexibility index (Phi) is 8.59. The topological polar surface area (TPSA) is 84.2 Å². The van der Waals surface area contributed by atoms with Gasteiger partial charge >= 0.3 is 0 Å². The average Bonchev–Trinajstić information content (AvgIpc) is 2.44. The van der Waals surface area contributed by atoms with Gasteiger partial charge in [-0.25, -0.2) is 0 Å². The minimum absolute atomic E-state index is 0. The van der Waals surface area contributed by atoms with E-state index in [1.54, 1.807) is 6.92 Å². The van der Waals surface area contributed by atoms with Crippen molar-refractivity contribution in [3.63, 3.8) is 0 Å². The zero-order valence-electron chi connectivity index (χ0n) is 11.8. The molecule has 0 aliphatic heterocycles. The Morgan fingerprint density at radius 3 is 2.35 bits per heavy atom. The SMILES string of the molecule is CCNC(=O)CNC(=O)C(C)C(N)c1ccccc1.Cl. The van der Waals surface area contributed by atoms with Crippen molar-refractivity contribution in [3.05, 3.63) is 35.9 Å². The fraction of sp³-hybridized carbons (Fsp3) is 0.429. The predicted octanol–water partition coefficient (Wildman–Crippen LogP) is 0.997. The van der Waals surface area contributed by atoms with Gasteiger partial charge in [0.2, 0.25) is 11.8 Å². The molecular formula is C14H22ClN3O2. The third-order valence-electron chi connectivity index (χ3n) is 2.93. The summed E-state index contributed by atoms with van der Waals surface area (Å²) in [5.74, 6) is -0.809. The minimum atomic E-state index is -0.392. The number of halogens is 1. The molecule has 0 bridgehead atoms. The molecular weight excluding hydrogens is 278 g/mol. The molecule has 0 aliphatic carbocycles. The molecule has 112 valence electrons. The molecule has 0 spiro atoms. The largest absolute Gasteiger partial charge is 0.355 e. The van der Waals surface area contributed by atoms with E-state index in [0.717, 1.165) is 5.56 Å². The molecule has 1 aromatic carbocycles. The smallest absolute Gasteiger partial charge is 0.239 e. The van der Waals surface area contributed by atoms with E-state index in [0.29, 0.717) is 6.54 Å². The van der Waals surface area contributed by atoms with Crippen molar-refractivity contribution in [2.75, 3.05) is 13.1 Å². The molecule has 1 rings (SSSR count). The molecule has 1 aromatic rings. The van der Waals surface area contributed by atoms with Gasteiger partial charge in [0.05, 0.1) is 12.5 Å². The Labute approximate surface area is 125 Å². The lowest BCUT2D eigenvalue weighted by atomic mass is 9.95. The van der Waals surface area contributed by atoms with Gasteiger partial charge in [0.1, 0.15) is 0 Å². The van der Waals surface area contributed by atoms with Gasteiger partial charge < -0.3 is 16.4 Å². The van der Waals surface area contributed by atoms with E-state index < -0.39 is 5.92 Å². The Bertz CT molecular complexity index is 426. The molecule has 0 aromatic heterocycles. The van der Waals surface area contributed by atoms with E-state index in [9.17, 15) is 9.59 Å². The molecule has 2 unspecified atom stereocenters. The molecule has 0 radical (unpaired) electrons. The lowest BCUT2D eigenvalue weighted by molar-refractivity contribution is -0.128. The van der Waals surface area contributed by atoms with Crippen LogP contribution in [0.1, 0.15) is 25.5 Å². The second-order valence-electron chi connectivity index (χ2n) is 4.40. The molecule has 2 amide bonds. The summed E-state index contributed by atoms with van der Waals surface area (Å²) in [5.41, 5.74) is 6.95. The monoisotopic (exact) mass is 299 g/mol. The number of likely N-dealkylation sites (N-methyl/N-ethyl adjacent to an activating group) is 1. The van der Waals surface area contributed by atoms with E-state index in [1.807, 2.05) is 37.3 Å². The van der Waals surface area contributed by atoms with Crippen LogP contribution in [0.3, 0.4) is 0 Å². The predicted molar refractivity (Wildman–Crippen MR) is 81.5 cm³/mol. The normalized spacial score (nSPS) is 12.8. The molecule has 0 aliphatic rings. The molecule has 0 fully saturated rings. The van der Waals surface area contributed by atoms with Crippen LogP contribution in [0.4, 0.5) is 0 Å². The Morgan fingerprint density at radius 2 is 1.80 bits per heavy atom. The number of carbonyl (C=O) groups excluding carboxylic acids is 2. The number of hydrogen-bond acceptors (Lipinski definition) is 3. The van der Waals surface area contributed by atoms with Crippen molar-refractivity contribution in [2.24, 2.45) is 11.7 Å². The number of benzene rings is 1. The van der Waals surface area contributed by atoms with Crippen LogP contribution >= 0.6 is 12.4 Å². The van der Waals surface area contributed by atoms with Gasteiger partial charge in [-0.2, -0.15) is 0 Å². The van der Waals surface area contributed by atoms with Crippen molar-refractivity contribution in [1.82, 2.24) is 10.6 Å². The summed E-state index contributed by atoms with van der Waals surface area (Å²) in [4.78, 5) is 23.1.